The van der Waals surface area contributed by atoms with Gasteiger partial charge in [-0.05, 0) is 39.5 Å². The van der Waals surface area contributed by atoms with Crippen molar-refractivity contribution in [1.82, 2.24) is 9.97 Å². The highest BCUT2D eigenvalue weighted by Crippen LogP contribution is 2.25. The van der Waals surface area contributed by atoms with Gasteiger partial charge in [0.2, 0.25) is 0 Å². The van der Waals surface area contributed by atoms with Crippen molar-refractivity contribution >= 4 is 11.8 Å². The molecule has 0 fully saturated rings. The number of nitrogens with zero attached hydrogens (tertiary/aromatic N) is 2. The lowest BCUT2D eigenvalue weighted by Gasteiger charge is -2.20. The van der Waals surface area contributed by atoms with Crippen LogP contribution in [0.3, 0.4) is 0 Å². The van der Waals surface area contributed by atoms with E-state index >= 15 is 0 Å². The van der Waals surface area contributed by atoms with Crippen LogP contribution < -0.4 is 5.32 Å². The molecule has 1 aromatic rings. The minimum atomic E-state index is -0.870. The fraction of sp³-hybridized carbons (Fsp3) is 0.583. The number of carbonyl (C=O) groups is 1. The molecule has 1 aliphatic rings. The molecular weight excluding hydrogens is 218 g/mol. The van der Waals surface area contributed by atoms with E-state index in [1.807, 2.05) is 6.92 Å². The SMILES string of the molecule is Cc1nc2c(c(N[C@@H](C)C(=O)O)n1)CCCC2. The third-order valence-corrected chi connectivity index (χ3v) is 3.02. The van der Waals surface area contributed by atoms with Gasteiger partial charge < -0.3 is 10.4 Å². The molecule has 5 heteroatoms. The summed E-state index contributed by atoms with van der Waals surface area (Å²) in [6.07, 6.45) is 4.17. The van der Waals surface area contributed by atoms with E-state index in [0.717, 1.165) is 36.9 Å². The number of carboxylic acid groups (broad SMARTS) is 1. The molecule has 0 aliphatic heterocycles. The van der Waals surface area contributed by atoms with Crippen LogP contribution in [0.25, 0.3) is 0 Å². The molecular formula is C12H17N3O2. The van der Waals surface area contributed by atoms with Crippen LogP contribution in [-0.4, -0.2) is 27.1 Å². The molecule has 1 aromatic heterocycles. The number of fused-ring (bicyclic) bond motifs is 1. The minimum Gasteiger partial charge on any atom is -0.480 e. The molecule has 17 heavy (non-hydrogen) atoms. The molecule has 1 atom stereocenters. The van der Waals surface area contributed by atoms with Gasteiger partial charge in [-0.25, -0.2) is 9.97 Å². The standard InChI is InChI=1S/C12H17N3O2/c1-7(12(16)17)13-11-9-5-3-4-6-10(9)14-8(2)15-11/h7H,3-6H2,1-2H3,(H,16,17)(H,13,14,15)/t7-/m0/s1. The van der Waals surface area contributed by atoms with Crippen molar-refractivity contribution in [2.75, 3.05) is 5.32 Å². The van der Waals surface area contributed by atoms with Gasteiger partial charge in [0.05, 0.1) is 0 Å². The minimum absolute atomic E-state index is 0.629. The van der Waals surface area contributed by atoms with E-state index in [2.05, 4.69) is 15.3 Å². The normalized spacial score (nSPS) is 16.1. The first-order valence-corrected chi connectivity index (χ1v) is 5.93. The fourth-order valence-electron chi connectivity index (χ4n) is 2.10. The summed E-state index contributed by atoms with van der Waals surface area (Å²) < 4.78 is 0. The molecule has 92 valence electrons. The van der Waals surface area contributed by atoms with E-state index < -0.39 is 12.0 Å². The molecule has 2 N–H and O–H groups in total. The van der Waals surface area contributed by atoms with Gasteiger partial charge in [-0.2, -0.15) is 0 Å². The van der Waals surface area contributed by atoms with Crippen molar-refractivity contribution in [2.24, 2.45) is 0 Å². The van der Waals surface area contributed by atoms with Crippen LogP contribution in [0.2, 0.25) is 0 Å². The fourth-order valence-corrected chi connectivity index (χ4v) is 2.10. The number of hydrogen-bond acceptors (Lipinski definition) is 4. The largest absolute Gasteiger partial charge is 0.480 e. The van der Waals surface area contributed by atoms with Crippen molar-refractivity contribution in [3.8, 4) is 0 Å². The van der Waals surface area contributed by atoms with Crippen molar-refractivity contribution in [2.45, 2.75) is 45.6 Å². The molecule has 1 aliphatic carbocycles. The zero-order chi connectivity index (χ0) is 12.4. The number of nitrogens with one attached hydrogen (secondary N) is 1. The highest BCUT2D eigenvalue weighted by molar-refractivity contribution is 5.76. The van der Waals surface area contributed by atoms with Crippen molar-refractivity contribution in [3.63, 3.8) is 0 Å². The molecule has 2 rings (SSSR count). The van der Waals surface area contributed by atoms with Gasteiger partial charge in [0.15, 0.2) is 0 Å². The Labute approximate surface area is 100 Å². The van der Waals surface area contributed by atoms with E-state index in [9.17, 15) is 4.79 Å². The van der Waals surface area contributed by atoms with E-state index in [1.54, 1.807) is 6.92 Å². The van der Waals surface area contributed by atoms with Gasteiger partial charge in [-0.15, -0.1) is 0 Å². The van der Waals surface area contributed by atoms with Crippen molar-refractivity contribution in [3.05, 3.63) is 17.1 Å². The van der Waals surface area contributed by atoms with Crippen molar-refractivity contribution in [1.29, 1.82) is 0 Å². The number of hydrogen-bond donors (Lipinski definition) is 2. The van der Waals surface area contributed by atoms with Crippen LogP contribution in [0.15, 0.2) is 0 Å². The van der Waals surface area contributed by atoms with Crippen molar-refractivity contribution < 1.29 is 9.90 Å². The summed E-state index contributed by atoms with van der Waals surface area (Å²) in [4.78, 5) is 19.6. The topological polar surface area (TPSA) is 75.1 Å². The lowest BCUT2D eigenvalue weighted by Crippen LogP contribution is -2.27. The predicted octanol–water partition coefficient (Wildman–Crippen LogP) is 1.55. The Morgan fingerprint density at radius 1 is 1.35 bits per heavy atom. The summed E-state index contributed by atoms with van der Waals surface area (Å²) in [7, 11) is 0. The average Bonchev–Trinajstić information content (AvgIpc) is 2.28. The van der Waals surface area contributed by atoms with E-state index in [0.29, 0.717) is 11.6 Å². The van der Waals surface area contributed by atoms with Gasteiger partial charge in [-0.3, -0.25) is 4.79 Å². The monoisotopic (exact) mass is 235 g/mol. The third-order valence-electron chi connectivity index (χ3n) is 3.02. The number of aromatic nitrogens is 2. The maximum absolute atomic E-state index is 10.9. The van der Waals surface area contributed by atoms with Crippen LogP contribution in [0.5, 0.6) is 0 Å². The Morgan fingerprint density at radius 2 is 2.06 bits per heavy atom. The Hall–Kier alpha value is -1.65. The molecule has 0 radical (unpaired) electrons. The molecule has 5 nitrogen and oxygen atoms in total. The zero-order valence-corrected chi connectivity index (χ0v) is 10.2. The molecule has 0 unspecified atom stereocenters. The molecule has 0 bridgehead atoms. The quantitative estimate of drug-likeness (QED) is 0.831. The summed E-state index contributed by atoms with van der Waals surface area (Å²) in [6, 6.07) is -0.629. The Bertz CT molecular complexity index is 446. The summed E-state index contributed by atoms with van der Waals surface area (Å²) >= 11 is 0. The number of rotatable bonds is 3. The maximum atomic E-state index is 10.9. The Morgan fingerprint density at radius 3 is 2.76 bits per heavy atom. The number of aryl methyl sites for hydroxylation is 2. The maximum Gasteiger partial charge on any atom is 0.325 e. The predicted molar refractivity (Wildman–Crippen MR) is 64.1 cm³/mol. The van der Waals surface area contributed by atoms with Gasteiger partial charge >= 0.3 is 5.97 Å². The highest BCUT2D eigenvalue weighted by Gasteiger charge is 2.19. The van der Waals surface area contributed by atoms with Crippen LogP contribution in [0.4, 0.5) is 5.82 Å². The van der Waals surface area contributed by atoms with E-state index in [1.165, 1.54) is 0 Å². The Balaban J connectivity index is 2.32. The summed E-state index contributed by atoms with van der Waals surface area (Å²) in [5, 5.41) is 11.9. The van der Waals surface area contributed by atoms with Gasteiger partial charge in [0.1, 0.15) is 17.7 Å². The lowest BCUT2D eigenvalue weighted by atomic mass is 9.96. The molecule has 0 aromatic carbocycles. The first-order chi connectivity index (χ1) is 8.08. The Kier molecular flexibility index (Phi) is 3.26. The number of aliphatic carboxylic acids is 1. The second-order valence-corrected chi connectivity index (χ2v) is 4.46. The summed E-state index contributed by atoms with van der Waals surface area (Å²) in [5.41, 5.74) is 2.17. The second-order valence-electron chi connectivity index (χ2n) is 4.46. The third kappa shape index (κ3) is 2.54. The van der Waals surface area contributed by atoms with Gasteiger partial charge in [0.25, 0.3) is 0 Å². The first-order valence-electron chi connectivity index (χ1n) is 5.93. The first kappa shape index (κ1) is 11.8. The lowest BCUT2D eigenvalue weighted by molar-refractivity contribution is -0.137. The smallest absolute Gasteiger partial charge is 0.325 e. The van der Waals surface area contributed by atoms with Gasteiger partial charge in [0, 0.05) is 11.3 Å². The average molecular weight is 235 g/mol. The number of carboxylic acids is 1. The molecule has 0 saturated carbocycles. The van der Waals surface area contributed by atoms with Crippen LogP contribution in [0.1, 0.15) is 36.8 Å². The molecule has 0 amide bonds. The molecule has 1 heterocycles. The zero-order valence-electron chi connectivity index (χ0n) is 10.2. The number of anilines is 1. The van der Waals surface area contributed by atoms with E-state index in [4.69, 9.17) is 5.11 Å². The molecule has 0 saturated heterocycles. The summed E-state index contributed by atoms with van der Waals surface area (Å²) in [6.45, 7) is 3.46. The summed E-state index contributed by atoms with van der Waals surface area (Å²) in [5.74, 6) is 0.527. The van der Waals surface area contributed by atoms with Crippen LogP contribution in [0, 0.1) is 6.92 Å². The van der Waals surface area contributed by atoms with Crippen LogP contribution in [-0.2, 0) is 17.6 Å². The second kappa shape index (κ2) is 4.69. The highest BCUT2D eigenvalue weighted by atomic mass is 16.4. The van der Waals surface area contributed by atoms with Crippen LogP contribution >= 0.6 is 0 Å². The van der Waals surface area contributed by atoms with E-state index in [-0.39, 0.29) is 0 Å². The van der Waals surface area contributed by atoms with Gasteiger partial charge in [-0.1, -0.05) is 0 Å². The molecule has 0 spiro atoms.